The lowest BCUT2D eigenvalue weighted by molar-refractivity contribution is 0.475. The lowest BCUT2D eigenvalue weighted by Gasteiger charge is -2.04. The van der Waals surface area contributed by atoms with Gasteiger partial charge in [-0.05, 0) is 17.7 Å². The van der Waals surface area contributed by atoms with E-state index in [1.807, 2.05) is 13.8 Å². The number of aromatic hydroxyl groups is 1. The maximum Gasteiger partial charge on any atom is 0.285 e. The molecule has 1 rings (SSSR count). The van der Waals surface area contributed by atoms with E-state index >= 15 is 0 Å². The predicted octanol–water partition coefficient (Wildman–Crippen LogP) is 1.85. The van der Waals surface area contributed by atoms with Gasteiger partial charge in [0.25, 0.3) is 6.02 Å². The van der Waals surface area contributed by atoms with Crippen molar-refractivity contribution in [3.63, 3.8) is 0 Å². The van der Waals surface area contributed by atoms with Crippen LogP contribution < -0.4 is 5.73 Å². The third kappa shape index (κ3) is 5.64. The second kappa shape index (κ2) is 7.28. The Morgan fingerprint density at radius 2 is 1.75 bits per heavy atom. The van der Waals surface area contributed by atoms with Crippen molar-refractivity contribution in [1.29, 1.82) is 10.8 Å². The van der Waals surface area contributed by atoms with Gasteiger partial charge in [-0.2, -0.15) is 0 Å². The molecule has 0 aliphatic rings. The van der Waals surface area contributed by atoms with Crippen LogP contribution in [0.25, 0.3) is 0 Å². The maximum atomic E-state index is 9.00. The number of benzene rings is 1. The van der Waals surface area contributed by atoms with Crippen LogP contribution in [0.2, 0.25) is 0 Å². The minimum absolute atomic E-state index is 0.0943. The van der Waals surface area contributed by atoms with E-state index in [2.05, 4.69) is 4.74 Å². The van der Waals surface area contributed by atoms with Crippen molar-refractivity contribution in [1.82, 2.24) is 0 Å². The lowest BCUT2D eigenvalue weighted by Crippen LogP contribution is -2.20. The van der Waals surface area contributed by atoms with Gasteiger partial charge in [0, 0.05) is 6.42 Å². The molecule has 0 atom stereocenters. The Morgan fingerprint density at radius 1 is 1.25 bits per heavy atom. The minimum atomic E-state index is -0.492. The molecule has 0 unspecified atom stereocenters. The number of nitrogens with one attached hydrogen (secondary N) is 2. The van der Waals surface area contributed by atoms with E-state index in [1.165, 1.54) is 12.1 Å². The van der Waals surface area contributed by atoms with Crippen molar-refractivity contribution in [2.45, 2.75) is 20.3 Å². The summed E-state index contributed by atoms with van der Waals surface area (Å²) in [6.07, 6.45) is 0.250. The molecule has 5 N–H and O–H groups in total. The van der Waals surface area contributed by atoms with Gasteiger partial charge >= 0.3 is 0 Å². The molecular formula is C11H17N3O2. The van der Waals surface area contributed by atoms with Gasteiger partial charge in [0.15, 0.2) is 5.90 Å². The van der Waals surface area contributed by atoms with E-state index < -0.39 is 6.02 Å². The van der Waals surface area contributed by atoms with E-state index in [9.17, 15) is 0 Å². The topological polar surface area (TPSA) is 103 Å². The highest BCUT2D eigenvalue weighted by molar-refractivity contribution is 5.87. The largest absolute Gasteiger partial charge is 0.508 e. The molecule has 0 saturated carbocycles. The molecule has 0 spiro atoms. The highest BCUT2D eigenvalue weighted by Gasteiger charge is 2.02. The van der Waals surface area contributed by atoms with Crippen molar-refractivity contribution < 1.29 is 9.84 Å². The van der Waals surface area contributed by atoms with Gasteiger partial charge in [0.1, 0.15) is 5.75 Å². The summed E-state index contributed by atoms with van der Waals surface area (Å²) >= 11 is 0. The van der Waals surface area contributed by atoms with Crippen molar-refractivity contribution in [2.24, 2.45) is 5.73 Å². The van der Waals surface area contributed by atoms with E-state index in [1.54, 1.807) is 12.1 Å². The minimum Gasteiger partial charge on any atom is -0.508 e. The van der Waals surface area contributed by atoms with Gasteiger partial charge < -0.3 is 15.6 Å². The zero-order chi connectivity index (χ0) is 12.6. The van der Waals surface area contributed by atoms with Crippen LogP contribution in [-0.4, -0.2) is 17.0 Å². The Bertz CT molecular complexity index is 347. The fraction of sp³-hybridized carbons (Fsp3) is 0.273. The predicted molar refractivity (Wildman–Crippen MR) is 63.9 cm³/mol. The summed E-state index contributed by atoms with van der Waals surface area (Å²) < 4.78 is 4.57. The Balaban J connectivity index is 0.00000106. The molecule has 0 aliphatic carbocycles. The third-order valence-corrected chi connectivity index (χ3v) is 1.53. The van der Waals surface area contributed by atoms with Crippen LogP contribution in [0.15, 0.2) is 24.3 Å². The maximum absolute atomic E-state index is 9.00. The van der Waals surface area contributed by atoms with Gasteiger partial charge in [-0.3, -0.25) is 10.8 Å². The standard InChI is InChI=1S/C9H11N3O2.C2H6/c10-8(14-9(11)12)5-6-1-3-7(13)4-2-6;1-2/h1-4,10,13H,5H2,(H3,11,12);1-2H3. The summed E-state index contributed by atoms with van der Waals surface area (Å²) in [5, 5.41) is 23.1. The smallest absolute Gasteiger partial charge is 0.285 e. The molecule has 5 nitrogen and oxygen atoms in total. The molecule has 0 aliphatic heterocycles. The number of amidine groups is 1. The quantitative estimate of drug-likeness (QED) is 0.454. The second-order valence-electron chi connectivity index (χ2n) is 2.73. The first-order chi connectivity index (χ1) is 7.58. The molecule has 0 bridgehead atoms. The Morgan fingerprint density at radius 3 is 2.19 bits per heavy atom. The van der Waals surface area contributed by atoms with Crippen LogP contribution in [-0.2, 0) is 11.2 Å². The number of hydrogen-bond acceptors (Lipinski definition) is 4. The first kappa shape index (κ1) is 14.0. The summed E-state index contributed by atoms with van der Waals surface area (Å²) in [6, 6.07) is 5.90. The molecule has 0 aromatic heterocycles. The summed E-state index contributed by atoms with van der Waals surface area (Å²) in [4.78, 5) is 0. The molecule has 5 heteroatoms. The zero-order valence-corrected chi connectivity index (χ0v) is 9.45. The van der Waals surface area contributed by atoms with Gasteiger partial charge in [-0.1, -0.05) is 26.0 Å². The summed E-state index contributed by atoms with van der Waals surface area (Å²) in [5.74, 6) is 0.0796. The fourth-order valence-electron chi connectivity index (χ4n) is 0.968. The monoisotopic (exact) mass is 223 g/mol. The van der Waals surface area contributed by atoms with Crippen LogP contribution in [0.5, 0.6) is 5.75 Å². The van der Waals surface area contributed by atoms with E-state index in [4.69, 9.17) is 21.7 Å². The van der Waals surface area contributed by atoms with Gasteiger partial charge in [0.05, 0.1) is 0 Å². The van der Waals surface area contributed by atoms with Crippen LogP contribution in [0.4, 0.5) is 0 Å². The normalized spacial score (nSPS) is 8.62. The number of rotatable bonds is 2. The summed E-state index contributed by atoms with van der Waals surface area (Å²) in [5.41, 5.74) is 5.77. The molecule has 88 valence electrons. The van der Waals surface area contributed by atoms with Gasteiger partial charge in [-0.15, -0.1) is 0 Å². The van der Waals surface area contributed by atoms with Crippen molar-refractivity contribution >= 4 is 11.9 Å². The highest BCUT2D eigenvalue weighted by Crippen LogP contribution is 2.10. The molecule has 0 amide bonds. The fourth-order valence-corrected chi connectivity index (χ4v) is 0.968. The second-order valence-corrected chi connectivity index (χ2v) is 2.73. The number of nitrogens with two attached hydrogens (primary N) is 1. The SMILES string of the molecule is CC.N=C(N)OC(=N)Cc1ccc(O)cc1. The molecule has 1 aromatic rings. The van der Waals surface area contributed by atoms with E-state index in [-0.39, 0.29) is 18.1 Å². The first-order valence-electron chi connectivity index (χ1n) is 4.95. The molecular weight excluding hydrogens is 206 g/mol. The summed E-state index contributed by atoms with van der Waals surface area (Å²) in [6.45, 7) is 4.00. The Labute approximate surface area is 94.9 Å². The van der Waals surface area contributed by atoms with Crippen LogP contribution in [0.1, 0.15) is 19.4 Å². The third-order valence-electron chi connectivity index (χ3n) is 1.53. The molecule has 0 heterocycles. The van der Waals surface area contributed by atoms with E-state index in [0.29, 0.717) is 0 Å². The number of ether oxygens (including phenoxy) is 1. The average molecular weight is 223 g/mol. The Hall–Kier alpha value is -2.04. The van der Waals surface area contributed by atoms with Crippen LogP contribution in [0, 0.1) is 10.8 Å². The highest BCUT2D eigenvalue weighted by atomic mass is 16.5. The summed E-state index contributed by atoms with van der Waals surface area (Å²) in [7, 11) is 0. The van der Waals surface area contributed by atoms with Gasteiger partial charge in [0.2, 0.25) is 0 Å². The van der Waals surface area contributed by atoms with Gasteiger partial charge in [-0.25, -0.2) is 0 Å². The molecule has 0 radical (unpaired) electrons. The number of hydrogen-bond donors (Lipinski definition) is 4. The Kier molecular flexibility index (Phi) is 6.35. The molecule has 0 saturated heterocycles. The molecule has 0 fully saturated rings. The number of phenolic OH excluding ortho intramolecular Hbond substituents is 1. The van der Waals surface area contributed by atoms with E-state index in [0.717, 1.165) is 5.56 Å². The molecule has 1 aromatic carbocycles. The zero-order valence-electron chi connectivity index (χ0n) is 9.45. The molecule has 16 heavy (non-hydrogen) atoms. The average Bonchev–Trinajstić information content (AvgIpc) is 2.23. The number of phenols is 1. The van der Waals surface area contributed by atoms with Crippen molar-refractivity contribution in [3.05, 3.63) is 29.8 Å². The lowest BCUT2D eigenvalue weighted by atomic mass is 10.1. The van der Waals surface area contributed by atoms with Crippen LogP contribution >= 0.6 is 0 Å². The van der Waals surface area contributed by atoms with Crippen molar-refractivity contribution in [3.8, 4) is 5.75 Å². The first-order valence-corrected chi connectivity index (χ1v) is 4.95. The van der Waals surface area contributed by atoms with Crippen LogP contribution in [0.3, 0.4) is 0 Å². The van der Waals surface area contributed by atoms with Crippen molar-refractivity contribution in [2.75, 3.05) is 0 Å².